The van der Waals surface area contributed by atoms with Gasteiger partial charge in [0.25, 0.3) is 0 Å². The molecule has 0 amide bonds. The summed E-state index contributed by atoms with van der Waals surface area (Å²) >= 11 is 0. The average Bonchev–Trinajstić information content (AvgIpc) is 2.18. The van der Waals surface area contributed by atoms with Gasteiger partial charge in [-0.15, -0.1) is 0 Å². The minimum absolute atomic E-state index is 0.124. The van der Waals surface area contributed by atoms with Crippen molar-refractivity contribution >= 4 is 11.8 Å². The molecule has 0 aromatic heterocycles. The molecule has 0 aliphatic rings. The van der Waals surface area contributed by atoms with Crippen LogP contribution in [0.2, 0.25) is 0 Å². The fourth-order valence-corrected chi connectivity index (χ4v) is 1.01. The number of ether oxygens (including phenoxy) is 1. The molecular formula is C10H10O4. The van der Waals surface area contributed by atoms with Crippen LogP contribution in [0.5, 0.6) is 5.75 Å². The first-order valence-electron chi connectivity index (χ1n) is 4.03. The molecule has 0 heterocycles. The molecule has 0 unspecified atom stereocenters. The molecule has 0 bridgehead atoms. The highest BCUT2D eigenvalue weighted by atomic mass is 16.5. The molecule has 1 aromatic rings. The van der Waals surface area contributed by atoms with Crippen molar-refractivity contribution in [3.8, 4) is 5.75 Å². The number of aromatic hydroxyl groups is 1. The van der Waals surface area contributed by atoms with Crippen LogP contribution in [0.4, 0.5) is 0 Å². The van der Waals surface area contributed by atoms with Crippen LogP contribution in [0, 0.1) is 0 Å². The Bertz CT molecular complexity index is 357. The molecule has 0 radical (unpaired) electrons. The fraction of sp³-hybridized carbons (Fsp3) is 0.200. The summed E-state index contributed by atoms with van der Waals surface area (Å²) in [5.41, 5.74) is 0.137. The van der Waals surface area contributed by atoms with Gasteiger partial charge >= 0.3 is 5.97 Å². The molecule has 0 spiro atoms. The minimum atomic E-state index is -0.613. The molecule has 0 fully saturated rings. The Hall–Kier alpha value is -1.84. The topological polar surface area (TPSA) is 63.6 Å². The van der Waals surface area contributed by atoms with E-state index in [1.165, 1.54) is 19.2 Å². The van der Waals surface area contributed by atoms with E-state index in [-0.39, 0.29) is 17.7 Å². The molecule has 0 aliphatic carbocycles. The molecule has 0 aliphatic heterocycles. The standard InChI is InChI=1S/C10H10O4/c1-14-10(13)6-9(12)7-4-2-3-5-8(7)11/h2-5,11H,6H2,1H3. The van der Waals surface area contributed by atoms with E-state index in [9.17, 15) is 14.7 Å². The second-order valence-electron chi connectivity index (χ2n) is 2.69. The van der Waals surface area contributed by atoms with Crippen LogP contribution in [0.15, 0.2) is 24.3 Å². The van der Waals surface area contributed by atoms with E-state index >= 15 is 0 Å². The van der Waals surface area contributed by atoms with Gasteiger partial charge < -0.3 is 9.84 Å². The molecule has 4 nitrogen and oxygen atoms in total. The molecule has 1 aromatic carbocycles. The Balaban J connectivity index is 2.80. The van der Waals surface area contributed by atoms with Crippen LogP contribution in [-0.4, -0.2) is 24.0 Å². The van der Waals surface area contributed by atoms with Gasteiger partial charge in [0.2, 0.25) is 0 Å². The quantitative estimate of drug-likeness (QED) is 0.445. The number of carbonyl (C=O) groups is 2. The number of esters is 1. The highest BCUT2D eigenvalue weighted by Gasteiger charge is 2.14. The van der Waals surface area contributed by atoms with Crippen LogP contribution in [0.25, 0.3) is 0 Å². The zero-order valence-corrected chi connectivity index (χ0v) is 7.69. The molecule has 0 atom stereocenters. The van der Waals surface area contributed by atoms with E-state index < -0.39 is 11.8 Å². The lowest BCUT2D eigenvalue weighted by Gasteiger charge is -2.01. The van der Waals surface area contributed by atoms with Gasteiger partial charge in [-0.1, -0.05) is 12.1 Å². The second kappa shape index (κ2) is 4.41. The number of carbonyl (C=O) groups excluding carboxylic acids is 2. The first kappa shape index (κ1) is 10.2. The van der Waals surface area contributed by atoms with Gasteiger partial charge in [0.1, 0.15) is 12.2 Å². The lowest BCUT2D eigenvalue weighted by molar-refractivity contribution is -0.139. The van der Waals surface area contributed by atoms with Crippen molar-refractivity contribution in [2.75, 3.05) is 7.11 Å². The number of phenols is 1. The van der Waals surface area contributed by atoms with Crippen LogP contribution < -0.4 is 0 Å². The van der Waals surface area contributed by atoms with Gasteiger partial charge in [0.05, 0.1) is 12.7 Å². The highest BCUT2D eigenvalue weighted by Crippen LogP contribution is 2.17. The number of hydrogen-bond donors (Lipinski definition) is 1. The summed E-state index contributed by atoms with van der Waals surface area (Å²) in [6.45, 7) is 0. The van der Waals surface area contributed by atoms with E-state index in [4.69, 9.17) is 0 Å². The summed E-state index contributed by atoms with van der Waals surface area (Å²) in [5, 5.41) is 9.29. The van der Waals surface area contributed by atoms with Gasteiger partial charge in [-0.3, -0.25) is 9.59 Å². The fourth-order valence-electron chi connectivity index (χ4n) is 1.01. The van der Waals surface area contributed by atoms with E-state index in [0.717, 1.165) is 0 Å². The van der Waals surface area contributed by atoms with Crippen molar-refractivity contribution in [2.45, 2.75) is 6.42 Å². The van der Waals surface area contributed by atoms with E-state index in [0.29, 0.717) is 0 Å². The molecule has 0 saturated heterocycles. The smallest absolute Gasteiger partial charge is 0.313 e. The van der Waals surface area contributed by atoms with Crippen LogP contribution in [-0.2, 0) is 9.53 Å². The lowest BCUT2D eigenvalue weighted by atomic mass is 10.1. The number of para-hydroxylation sites is 1. The van der Waals surface area contributed by atoms with Crippen molar-refractivity contribution in [2.24, 2.45) is 0 Å². The maximum absolute atomic E-state index is 11.4. The number of rotatable bonds is 3. The molecule has 14 heavy (non-hydrogen) atoms. The number of ketones is 1. The Labute approximate surface area is 81.1 Å². The summed E-state index contributed by atoms with van der Waals surface area (Å²) in [4.78, 5) is 22.2. The Kier molecular flexibility index (Phi) is 3.23. The zero-order valence-electron chi connectivity index (χ0n) is 7.69. The van der Waals surface area contributed by atoms with Gasteiger partial charge in [-0.05, 0) is 12.1 Å². The predicted molar refractivity (Wildman–Crippen MR) is 49.1 cm³/mol. The van der Waals surface area contributed by atoms with E-state index in [1.54, 1.807) is 12.1 Å². The monoisotopic (exact) mass is 194 g/mol. The third-order valence-electron chi connectivity index (χ3n) is 1.74. The largest absolute Gasteiger partial charge is 0.507 e. The Morgan fingerprint density at radius 1 is 1.36 bits per heavy atom. The molecule has 0 saturated carbocycles. The van der Waals surface area contributed by atoms with Crippen molar-refractivity contribution in [1.29, 1.82) is 0 Å². The Morgan fingerprint density at radius 2 is 2.00 bits per heavy atom. The second-order valence-corrected chi connectivity index (χ2v) is 2.69. The average molecular weight is 194 g/mol. The third kappa shape index (κ3) is 2.32. The van der Waals surface area contributed by atoms with Gasteiger partial charge in [0, 0.05) is 0 Å². The highest BCUT2D eigenvalue weighted by molar-refractivity contribution is 6.07. The van der Waals surface area contributed by atoms with Crippen molar-refractivity contribution < 1.29 is 19.4 Å². The number of hydrogen-bond acceptors (Lipinski definition) is 4. The van der Waals surface area contributed by atoms with E-state index in [1.807, 2.05) is 0 Å². The minimum Gasteiger partial charge on any atom is -0.507 e. The molecule has 1 N–H and O–H groups in total. The molecule has 4 heteroatoms. The van der Waals surface area contributed by atoms with Crippen LogP contribution in [0.1, 0.15) is 16.8 Å². The van der Waals surface area contributed by atoms with Gasteiger partial charge in [-0.2, -0.15) is 0 Å². The molecule has 74 valence electrons. The maximum atomic E-state index is 11.4. The third-order valence-corrected chi connectivity index (χ3v) is 1.74. The van der Waals surface area contributed by atoms with Crippen LogP contribution >= 0.6 is 0 Å². The van der Waals surface area contributed by atoms with Gasteiger partial charge in [-0.25, -0.2) is 0 Å². The number of phenolic OH excluding ortho intramolecular Hbond substituents is 1. The molecular weight excluding hydrogens is 184 g/mol. The predicted octanol–water partition coefficient (Wildman–Crippen LogP) is 1.14. The SMILES string of the molecule is COC(=O)CC(=O)c1ccccc1O. The number of methoxy groups -OCH3 is 1. The number of Topliss-reactive ketones (excluding diaryl/α,β-unsaturated/α-hetero) is 1. The summed E-state index contributed by atoms with van der Waals surface area (Å²) in [6, 6.07) is 6.07. The van der Waals surface area contributed by atoms with Crippen molar-refractivity contribution in [3.05, 3.63) is 29.8 Å². The summed E-state index contributed by atoms with van der Waals surface area (Å²) < 4.78 is 4.34. The van der Waals surface area contributed by atoms with Gasteiger partial charge in [0.15, 0.2) is 5.78 Å². The molecule has 1 rings (SSSR count). The first-order chi connectivity index (χ1) is 6.65. The normalized spacial score (nSPS) is 9.50. The summed E-state index contributed by atoms with van der Waals surface area (Å²) in [5.74, 6) is -1.19. The summed E-state index contributed by atoms with van der Waals surface area (Å²) in [6.07, 6.45) is -0.353. The number of benzene rings is 1. The van der Waals surface area contributed by atoms with E-state index in [2.05, 4.69) is 4.74 Å². The summed E-state index contributed by atoms with van der Waals surface area (Å²) in [7, 11) is 1.21. The zero-order chi connectivity index (χ0) is 10.6. The van der Waals surface area contributed by atoms with Crippen molar-refractivity contribution in [1.82, 2.24) is 0 Å². The first-order valence-corrected chi connectivity index (χ1v) is 4.03. The Morgan fingerprint density at radius 3 is 2.57 bits per heavy atom. The van der Waals surface area contributed by atoms with Crippen molar-refractivity contribution in [3.63, 3.8) is 0 Å². The lowest BCUT2D eigenvalue weighted by Crippen LogP contribution is -2.09. The maximum Gasteiger partial charge on any atom is 0.313 e. The van der Waals surface area contributed by atoms with Crippen LogP contribution in [0.3, 0.4) is 0 Å².